The first-order chi connectivity index (χ1) is 18.9. The monoisotopic (exact) mass is 562 g/mol. The van der Waals surface area contributed by atoms with Gasteiger partial charge in [0, 0.05) is 18.7 Å². The average Bonchev–Trinajstić information content (AvgIpc) is 3.38. The second kappa shape index (κ2) is 10.9. The Balaban J connectivity index is 0.000000470. The number of hydrogen-bond acceptors (Lipinski definition) is 7. The Morgan fingerprint density at radius 1 is 1.02 bits per heavy atom. The zero-order valence-corrected chi connectivity index (χ0v) is 22.1. The Morgan fingerprint density at radius 2 is 1.68 bits per heavy atom. The Labute approximate surface area is 228 Å². The fourth-order valence-corrected chi connectivity index (χ4v) is 6.25. The molecule has 9 nitrogen and oxygen atoms in total. The molecule has 12 heteroatoms. The number of carbonyl (C=O) groups excluding carboxylic acids is 3. The number of methoxy groups -OCH3 is 2. The summed E-state index contributed by atoms with van der Waals surface area (Å²) in [5.74, 6) is -4.40. The van der Waals surface area contributed by atoms with Gasteiger partial charge in [-0.25, -0.2) is 4.79 Å². The summed E-state index contributed by atoms with van der Waals surface area (Å²) in [7, 11) is 4.49. The van der Waals surface area contributed by atoms with Gasteiger partial charge in [-0.15, -0.1) is 0 Å². The number of esters is 1. The molecule has 3 heterocycles. The second-order valence-corrected chi connectivity index (χ2v) is 9.88. The normalized spacial score (nSPS) is 25.9. The summed E-state index contributed by atoms with van der Waals surface area (Å²) in [6.45, 7) is 0.625. The number of rotatable bonds is 4. The van der Waals surface area contributed by atoms with Crippen LogP contribution in [0.4, 0.5) is 13.2 Å². The van der Waals surface area contributed by atoms with Crippen molar-refractivity contribution in [1.82, 2.24) is 9.80 Å². The van der Waals surface area contributed by atoms with E-state index in [9.17, 15) is 27.6 Å². The first-order valence-corrected chi connectivity index (χ1v) is 12.6. The zero-order valence-electron chi connectivity index (χ0n) is 22.1. The van der Waals surface area contributed by atoms with E-state index in [4.69, 9.17) is 19.4 Å². The number of halogens is 3. The van der Waals surface area contributed by atoms with Gasteiger partial charge >= 0.3 is 18.1 Å². The number of piperidine rings is 1. The lowest BCUT2D eigenvalue weighted by atomic mass is 9.75. The molecule has 3 aliphatic rings. The van der Waals surface area contributed by atoms with Crippen LogP contribution in [0.1, 0.15) is 30.9 Å². The molecule has 3 fully saturated rings. The van der Waals surface area contributed by atoms with Crippen LogP contribution >= 0.6 is 0 Å². The second-order valence-electron chi connectivity index (χ2n) is 9.88. The predicted molar refractivity (Wildman–Crippen MR) is 135 cm³/mol. The van der Waals surface area contributed by atoms with Crippen LogP contribution in [0.5, 0.6) is 5.75 Å². The van der Waals surface area contributed by atoms with Gasteiger partial charge in [0.1, 0.15) is 11.3 Å². The lowest BCUT2D eigenvalue weighted by molar-refractivity contribution is -0.192. The summed E-state index contributed by atoms with van der Waals surface area (Å²) in [6.07, 6.45) is -2.88. The molecule has 0 spiro atoms. The van der Waals surface area contributed by atoms with Gasteiger partial charge in [0.05, 0.1) is 26.1 Å². The Kier molecular flexibility index (Phi) is 7.93. The van der Waals surface area contributed by atoms with Crippen molar-refractivity contribution in [3.63, 3.8) is 0 Å². The van der Waals surface area contributed by atoms with Crippen LogP contribution in [0.25, 0.3) is 11.1 Å². The number of nitrogens with zero attached hydrogens (tertiary/aromatic N) is 2. The van der Waals surface area contributed by atoms with Crippen molar-refractivity contribution in [2.45, 2.75) is 37.0 Å². The average molecular weight is 563 g/mol. The molecule has 2 amide bonds. The highest BCUT2D eigenvalue weighted by molar-refractivity contribution is 6.09. The molecule has 0 aromatic heterocycles. The van der Waals surface area contributed by atoms with Gasteiger partial charge in [0.25, 0.3) is 0 Å². The van der Waals surface area contributed by atoms with Gasteiger partial charge in [-0.3, -0.25) is 24.2 Å². The molecule has 1 N–H and O–H groups in total. The molecule has 2 aromatic carbocycles. The third-order valence-corrected chi connectivity index (χ3v) is 7.91. The number of alkyl halides is 3. The number of benzene rings is 2. The highest BCUT2D eigenvalue weighted by atomic mass is 19.4. The fourth-order valence-electron chi connectivity index (χ4n) is 6.25. The summed E-state index contributed by atoms with van der Waals surface area (Å²) in [5, 5.41) is 7.12. The van der Waals surface area contributed by atoms with Crippen molar-refractivity contribution in [3.8, 4) is 16.9 Å². The van der Waals surface area contributed by atoms with Crippen LogP contribution in [0.2, 0.25) is 0 Å². The zero-order chi connectivity index (χ0) is 29.4. The number of aliphatic carboxylic acids is 1. The maximum atomic E-state index is 13.3. The molecule has 214 valence electrons. The van der Waals surface area contributed by atoms with Gasteiger partial charge in [0.15, 0.2) is 0 Å². The van der Waals surface area contributed by atoms with Gasteiger partial charge < -0.3 is 14.6 Å². The summed E-state index contributed by atoms with van der Waals surface area (Å²) in [6, 6.07) is 15.5. The van der Waals surface area contributed by atoms with Crippen molar-refractivity contribution in [2.24, 2.45) is 11.8 Å². The molecule has 0 aliphatic carbocycles. The molecule has 4 atom stereocenters. The minimum Gasteiger partial charge on any atom is -0.496 e. The van der Waals surface area contributed by atoms with Crippen molar-refractivity contribution in [1.29, 1.82) is 0 Å². The van der Waals surface area contributed by atoms with Gasteiger partial charge in [-0.2, -0.15) is 13.2 Å². The van der Waals surface area contributed by atoms with E-state index in [0.29, 0.717) is 18.7 Å². The number of imide groups is 1. The van der Waals surface area contributed by atoms with E-state index in [1.54, 1.807) is 7.11 Å². The number of carboxylic acids is 1. The highest BCUT2D eigenvalue weighted by Crippen LogP contribution is 2.58. The summed E-state index contributed by atoms with van der Waals surface area (Å²) in [4.78, 5) is 52.0. The van der Waals surface area contributed by atoms with Crippen LogP contribution in [-0.4, -0.2) is 78.2 Å². The SMILES string of the molecule is COC(=O)[C@@]12CCCCN1[C@H](c1ccc(-c3ccccc3)c(OC)c1)[C@H]1C(=O)N(C)C(=O)[C@H]12.O=C(O)C(F)(F)F. The lowest BCUT2D eigenvalue weighted by Crippen LogP contribution is -2.59. The summed E-state index contributed by atoms with van der Waals surface area (Å²) in [5.41, 5.74) is 1.72. The number of carbonyl (C=O) groups is 4. The molecule has 2 aromatic rings. The molecule has 40 heavy (non-hydrogen) atoms. The number of hydrogen-bond donors (Lipinski definition) is 1. The van der Waals surface area contributed by atoms with E-state index >= 15 is 0 Å². The van der Waals surface area contributed by atoms with E-state index in [1.807, 2.05) is 48.5 Å². The predicted octanol–water partition coefficient (Wildman–Crippen LogP) is 3.68. The van der Waals surface area contributed by atoms with E-state index in [2.05, 4.69) is 4.90 Å². The first-order valence-electron chi connectivity index (χ1n) is 12.6. The maximum absolute atomic E-state index is 13.3. The third kappa shape index (κ3) is 4.70. The van der Waals surface area contributed by atoms with Gasteiger partial charge in [0.2, 0.25) is 11.8 Å². The van der Waals surface area contributed by atoms with Crippen molar-refractivity contribution in [3.05, 3.63) is 54.1 Å². The topological polar surface area (TPSA) is 113 Å². The number of amides is 2. The summed E-state index contributed by atoms with van der Waals surface area (Å²) >= 11 is 0. The molecular formula is C28H29F3N2O7. The molecule has 5 rings (SSSR count). The fraction of sp³-hybridized carbons (Fsp3) is 0.429. The molecule has 3 aliphatic heterocycles. The maximum Gasteiger partial charge on any atom is 0.490 e. The van der Waals surface area contributed by atoms with E-state index < -0.39 is 41.5 Å². The lowest BCUT2D eigenvalue weighted by Gasteiger charge is -2.44. The van der Waals surface area contributed by atoms with Crippen molar-refractivity contribution >= 4 is 23.8 Å². The molecule has 0 unspecified atom stereocenters. The first kappa shape index (κ1) is 29.1. The van der Waals surface area contributed by atoms with E-state index in [1.165, 1.54) is 19.1 Å². The Bertz CT molecular complexity index is 1320. The van der Waals surface area contributed by atoms with Crippen molar-refractivity contribution < 1.29 is 46.9 Å². The Hall–Kier alpha value is -3.93. The molecular weight excluding hydrogens is 533 g/mol. The smallest absolute Gasteiger partial charge is 0.490 e. The number of fused-ring (bicyclic) bond motifs is 3. The molecule has 3 saturated heterocycles. The number of ether oxygens (including phenoxy) is 2. The Morgan fingerprint density at radius 3 is 2.25 bits per heavy atom. The van der Waals surface area contributed by atoms with Crippen LogP contribution in [0.15, 0.2) is 48.5 Å². The van der Waals surface area contributed by atoms with E-state index in [0.717, 1.165) is 29.5 Å². The highest BCUT2D eigenvalue weighted by Gasteiger charge is 2.72. The van der Waals surface area contributed by atoms with Crippen molar-refractivity contribution in [2.75, 3.05) is 27.8 Å². The minimum atomic E-state index is -5.08. The summed E-state index contributed by atoms with van der Waals surface area (Å²) < 4.78 is 42.7. The van der Waals surface area contributed by atoms with Gasteiger partial charge in [-0.1, -0.05) is 42.5 Å². The van der Waals surface area contributed by atoms with Crippen LogP contribution in [-0.2, 0) is 23.9 Å². The van der Waals surface area contributed by atoms with Crippen LogP contribution in [0.3, 0.4) is 0 Å². The number of carboxylic acid groups (broad SMARTS) is 1. The number of likely N-dealkylation sites (tertiary alicyclic amines) is 1. The minimum absolute atomic E-state index is 0.237. The molecule has 0 bridgehead atoms. The standard InChI is InChI=1S/C26H28N2O5.C2HF3O2/c1-27-23(29)20-21(24(27)30)26(25(31)33-3)13-7-8-14-28(26)22(20)17-11-12-18(19(15-17)32-2)16-9-5-4-6-10-16;3-2(4,5)1(6)7/h4-6,9-12,15,20-22H,7-8,13-14H2,1-3H3;(H,6,7)/t20-,21-,22+,26-;/m0./s1. The van der Waals surface area contributed by atoms with Gasteiger partial charge in [-0.05, 0) is 43.0 Å². The van der Waals surface area contributed by atoms with Crippen LogP contribution < -0.4 is 4.74 Å². The quantitative estimate of drug-likeness (QED) is 0.444. The molecule has 0 radical (unpaired) electrons. The third-order valence-electron chi connectivity index (χ3n) is 7.91. The molecule has 0 saturated carbocycles. The van der Waals surface area contributed by atoms with Crippen LogP contribution in [0, 0.1) is 11.8 Å². The largest absolute Gasteiger partial charge is 0.496 e. The van der Waals surface area contributed by atoms with E-state index in [-0.39, 0.29) is 11.8 Å².